The Morgan fingerprint density at radius 1 is 1.12 bits per heavy atom. The quantitative estimate of drug-likeness (QED) is 0.545. The number of hydrogen-bond donors (Lipinski definition) is 0. The highest BCUT2D eigenvalue weighted by Gasteiger charge is 2.62. The van der Waals surface area contributed by atoms with Gasteiger partial charge in [0.1, 0.15) is 5.75 Å². The van der Waals surface area contributed by atoms with Crippen LogP contribution in [0.3, 0.4) is 0 Å². The largest absolute Gasteiger partial charge is 0.490 e. The first-order chi connectivity index (χ1) is 16.3. The van der Waals surface area contributed by atoms with Crippen LogP contribution < -0.4 is 4.74 Å². The van der Waals surface area contributed by atoms with Crippen molar-refractivity contribution in [3.05, 3.63) is 36.9 Å². The van der Waals surface area contributed by atoms with Gasteiger partial charge in [-0.2, -0.15) is 0 Å². The molecule has 34 heavy (non-hydrogen) atoms. The maximum absolute atomic E-state index is 12.5. The number of hydrogen-bond acceptors (Lipinski definition) is 4. The fourth-order valence-corrected chi connectivity index (χ4v) is 8.80. The number of oxazole rings is 1. The molecule has 5 nitrogen and oxygen atoms in total. The number of carbonyl (C=O) groups excluding carboxylic acids is 1. The average molecular weight is 463 g/mol. The summed E-state index contributed by atoms with van der Waals surface area (Å²) < 4.78 is 12.0. The maximum atomic E-state index is 12.5. The number of benzene rings is 1. The van der Waals surface area contributed by atoms with Crippen LogP contribution in [0.15, 0.2) is 41.3 Å². The van der Waals surface area contributed by atoms with Crippen LogP contribution in [-0.2, 0) is 4.79 Å². The van der Waals surface area contributed by atoms with Crippen molar-refractivity contribution in [3.8, 4) is 17.1 Å². The second-order valence-electron chi connectivity index (χ2n) is 12.3. The van der Waals surface area contributed by atoms with E-state index in [-0.39, 0.29) is 11.5 Å². The predicted octanol–water partition coefficient (Wildman–Crippen LogP) is 6.20. The van der Waals surface area contributed by atoms with Gasteiger partial charge in [0.2, 0.25) is 5.91 Å². The third kappa shape index (κ3) is 3.33. The zero-order valence-corrected chi connectivity index (χ0v) is 21.0. The molecule has 3 saturated carbocycles. The Bertz CT molecular complexity index is 1050. The predicted molar refractivity (Wildman–Crippen MR) is 131 cm³/mol. The smallest absolute Gasteiger partial charge is 0.222 e. The van der Waals surface area contributed by atoms with Gasteiger partial charge in [-0.25, -0.2) is 4.98 Å². The fraction of sp³-hybridized carbons (Fsp3) is 0.655. The molecule has 6 rings (SSSR count). The van der Waals surface area contributed by atoms with Gasteiger partial charge in [-0.3, -0.25) is 4.79 Å². The van der Waals surface area contributed by atoms with Crippen LogP contribution in [0.2, 0.25) is 0 Å². The number of fused-ring (bicyclic) bond motifs is 5. The molecule has 0 bridgehead atoms. The van der Waals surface area contributed by atoms with E-state index in [9.17, 15) is 4.79 Å². The summed E-state index contributed by atoms with van der Waals surface area (Å²) in [5.41, 5.74) is 1.64. The molecule has 0 N–H and O–H groups in total. The van der Waals surface area contributed by atoms with E-state index in [2.05, 4.69) is 62.0 Å². The van der Waals surface area contributed by atoms with Crippen LogP contribution >= 0.6 is 0 Å². The second-order valence-corrected chi connectivity index (χ2v) is 12.3. The van der Waals surface area contributed by atoms with E-state index in [1.807, 2.05) is 0 Å². The van der Waals surface area contributed by atoms with Crippen molar-refractivity contribution in [2.24, 2.45) is 34.5 Å². The van der Waals surface area contributed by atoms with Crippen LogP contribution in [-0.4, -0.2) is 35.0 Å². The number of amides is 1. The Morgan fingerprint density at radius 3 is 2.65 bits per heavy atom. The minimum absolute atomic E-state index is 0.261. The number of piperidine rings is 1. The minimum Gasteiger partial charge on any atom is -0.490 e. The third-order valence-corrected chi connectivity index (χ3v) is 10.5. The molecular weight excluding hydrogens is 424 g/mol. The van der Waals surface area contributed by atoms with Gasteiger partial charge >= 0.3 is 0 Å². The molecule has 1 amide bonds. The zero-order valence-electron chi connectivity index (χ0n) is 21.0. The number of ether oxygens (including phenoxy) is 1. The number of likely N-dealkylation sites (tertiary alicyclic amines) is 1. The number of rotatable bonds is 3. The van der Waals surface area contributed by atoms with Crippen LogP contribution in [0.4, 0.5) is 0 Å². The molecule has 5 heteroatoms. The fourth-order valence-electron chi connectivity index (χ4n) is 8.80. The maximum Gasteiger partial charge on any atom is 0.222 e. The molecule has 8 atom stereocenters. The lowest BCUT2D eigenvalue weighted by molar-refractivity contribution is -0.164. The molecule has 4 aliphatic rings. The van der Waals surface area contributed by atoms with Crippen molar-refractivity contribution >= 4 is 5.91 Å². The summed E-state index contributed by atoms with van der Waals surface area (Å²) in [5.74, 6) is 4.89. The normalized spacial score (nSPS) is 41.5. The summed E-state index contributed by atoms with van der Waals surface area (Å²) >= 11 is 0. The van der Waals surface area contributed by atoms with Crippen LogP contribution in [0, 0.1) is 34.5 Å². The Hall–Kier alpha value is -2.30. The lowest BCUT2D eigenvalue weighted by Crippen LogP contribution is -2.62. The molecule has 0 spiro atoms. The highest BCUT2D eigenvalue weighted by Crippen LogP contribution is 2.66. The van der Waals surface area contributed by atoms with E-state index >= 15 is 0 Å². The molecule has 2 heterocycles. The van der Waals surface area contributed by atoms with Gasteiger partial charge in [-0.05, 0) is 97.3 Å². The van der Waals surface area contributed by atoms with E-state index < -0.39 is 0 Å². The molecule has 182 valence electrons. The average Bonchev–Trinajstić information content (AvgIpc) is 3.46. The molecule has 2 aromatic rings. The molecule has 3 unspecified atom stereocenters. The lowest BCUT2D eigenvalue weighted by Gasteiger charge is -2.63. The minimum atomic E-state index is 0.261. The first kappa shape index (κ1) is 22.2. The van der Waals surface area contributed by atoms with Crippen molar-refractivity contribution in [1.29, 1.82) is 0 Å². The number of carbonyl (C=O) groups is 1. The van der Waals surface area contributed by atoms with Gasteiger partial charge < -0.3 is 14.1 Å². The Morgan fingerprint density at radius 2 is 1.91 bits per heavy atom. The molecule has 1 saturated heterocycles. The first-order valence-electron chi connectivity index (χ1n) is 13.2. The number of nitrogens with zero attached hydrogens (tertiary/aromatic N) is 2. The van der Waals surface area contributed by atoms with E-state index in [0.29, 0.717) is 29.2 Å². The summed E-state index contributed by atoms with van der Waals surface area (Å²) in [6.45, 7) is 7.50. The van der Waals surface area contributed by atoms with Crippen LogP contribution in [0.1, 0.15) is 65.7 Å². The van der Waals surface area contributed by atoms with Crippen molar-refractivity contribution in [2.45, 2.75) is 77.9 Å². The molecule has 4 fully saturated rings. The summed E-state index contributed by atoms with van der Waals surface area (Å²) in [7, 11) is 2.05. The van der Waals surface area contributed by atoms with Crippen LogP contribution in [0.5, 0.6) is 5.75 Å². The zero-order chi connectivity index (χ0) is 23.7. The van der Waals surface area contributed by atoms with Crippen molar-refractivity contribution in [1.82, 2.24) is 9.88 Å². The molecule has 1 aromatic carbocycles. The molecule has 1 aliphatic heterocycles. The van der Waals surface area contributed by atoms with Gasteiger partial charge in [-0.15, -0.1) is 0 Å². The monoisotopic (exact) mass is 462 g/mol. The standard InChI is InChI=1S/C29H38N2O3/c1-18-13-25-29(3,12-10-26(32)31(25)4)22-9-11-28(2)15-21(14-23(28)27(18)22)34-20-7-5-19(6-8-20)24-16-30-17-33-24/h5-8,16-18,21-23,25,27H,9-15H2,1-4H3/t18?,21?,22-,23+,25?,27-,28-,29-/m1/s1. The highest BCUT2D eigenvalue weighted by molar-refractivity contribution is 5.77. The van der Waals surface area contributed by atoms with E-state index in [0.717, 1.165) is 61.0 Å². The topological polar surface area (TPSA) is 55.6 Å². The van der Waals surface area contributed by atoms with Gasteiger partial charge in [0.05, 0.1) is 12.3 Å². The molecule has 3 aliphatic carbocycles. The summed E-state index contributed by atoms with van der Waals surface area (Å²) in [5, 5.41) is 0. The SMILES string of the molecule is CC1CC2N(C)C(=O)CC[C@]2(C)[C@@H]2CC[C@]3(C)CC(Oc4ccc(-c5cnco5)cc4)C[C@H]3[C@H]12. The summed E-state index contributed by atoms with van der Waals surface area (Å²) in [6.07, 6.45) is 11.3. The Labute approximate surface area is 203 Å². The van der Waals surface area contributed by atoms with Gasteiger partial charge in [-0.1, -0.05) is 20.8 Å². The van der Waals surface area contributed by atoms with E-state index in [4.69, 9.17) is 9.15 Å². The van der Waals surface area contributed by atoms with E-state index in [1.165, 1.54) is 19.2 Å². The number of aromatic nitrogens is 1. The van der Waals surface area contributed by atoms with Crippen molar-refractivity contribution in [3.63, 3.8) is 0 Å². The highest BCUT2D eigenvalue weighted by atomic mass is 16.5. The van der Waals surface area contributed by atoms with E-state index in [1.54, 1.807) is 6.20 Å². The van der Waals surface area contributed by atoms with Crippen molar-refractivity contribution in [2.75, 3.05) is 7.05 Å². The Kier molecular flexibility index (Phi) is 5.13. The molecular formula is C29H38N2O3. The van der Waals surface area contributed by atoms with Gasteiger partial charge in [0.15, 0.2) is 12.2 Å². The molecule has 0 radical (unpaired) electrons. The summed E-state index contributed by atoms with van der Waals surface area (Å²) in [6, 6.07) is 8.65. The van der Waals surface area contributed by atoms with Gasteiger partial charge in [0.25, 0.3) is 0 Å². The van der Waals surface area contributed by atoms with Gasteiger partial charge in [0, 0.05) is 25.1 Å². The second kappa shape index (κ2) is 7.86. The molecule has 1 aromatic heterocycles. The lowest BCUT2D eigenvalue weighted by atomic mass is 9.45. The van der Waals surface area contributed by atoms with Crippen LogP contribution in [0.25, 0.3) is 11.3 Å². The Balaban J connectivity index is 1.21. The van der Waals surface area contributed by atoms with Crippen molar-refractivity contribution < 1.29 is 13.9 Å². The summed E-state index contributed by atoms with van der Waals surface area (Å²) in [4.78, 5) is 18.6. The third-order valence-electron chi connectivity index (χ3n) is 10.5. The first-order valence-corrected chi connectivity index (χ1v) is 13.2.